The highest BCUT2D eigenvalue weighted by atomic mass is 32.2. The Kier molecular flexibility index (Phi) is 5.42. The summed E-state index contributed by atoms with van der Waals surface area (Å²) < 4.78 is 26.3. The molecule has 1 aromatic rings. The molecule has 1 aromatic carbocycles. The van der Waals surface area contributed by atoms with Gasteiger partial charge in [-0.2, -0.15) is 5.26 Å². The van der Waals surface area contributed by atoms with Crippen molar-refractivity contribution < 1.29 is 13.2 Å². The molecule has 23 heavy (non-hydrogen) atoms. The van der Waals surface area contributed by atoms with Gasteiger partial charge in [0.05, 0.1) is 17.4 Å². The predicted octanol–water partition coefficient (Wildman–Crippen LogP) is 2.54. The highest BCUT2D eigenvalue weighted by Crippen LogP contribution is 2.47. The molecule has 1 aliphatic rings. The van der Waals surface area contributed by atoms with Crippen molar-refractivity contribution in [2.75, 3.05) is 5.75 Å². The summed E-state index contributed by atoms with van der Waals surface area (Å²) in [6.45, 7) is 3.88. The minimum absolute atomic E-state index is 0.00608. The average Bonchev–Trinajstić information content (AvgIpc) is 3.27. The third-order valence-corrected chi connectivity index (χ3v) is 5.63. The average molecular weight is 334 g/mol. The van der Waals surface area contributed by atoms with Gasteiger partial charge in [-0.25, -0.2) is 8.42 Å². The number of hydrogen-bond donors (Lipinski definition) is 1. The summed E-state index contributed by atoms with van der Waals surface area (Å²) in [4.78, 5) is 12.1. The SMILES string of the molecule is CCC[C@H](C)CS(=O)(=O)NC(=O)[C@@H]1C[C@@H]1c1cccc(C#N)c1. The van der Waals surface area contributed by atoms with Crippen LogP contribution in [0, 0.1) is 23.2 Å². The molecule has 6 heteroatoms. The van der Waals surface area contributed by atoms with Gasteiger partial charge < -0.3 is 0 Å². The van der Waals surface area contributed by atoms with E-state index in [1.54, 1.807) is 18.2 Å². The van der Waals surface area contributed by atoms with Gasteiger partial charge in [-0.3, -0.25) is 9.52 Å². The molecule has 3 atom stereocenters. The Hall–Kier alpha value is -1.87. The van der Waals surface area contributed by atoms with Crippen LogP contribution >= 0.6 is 0 Å². The largest absolute Gasteiger partial charge is 0.274 e. The van der Waals surface area contributed by atoms with E-state index in [-0.39, 0.29) is 23.5 Å². The number of carbonyl (C=O) groups excluding carboxylic acids is 1. The van der Waals surface area contributed by atoms with E-state index in [0.29, 0.717) is 12.0 Å². The van der Waals surface area contributed by atoms with Crippen LogP contribution in [-0.4, -0.2) is 20.1 Å². The topological polar surface area (TPSA) is 87.0 Å². The quantitative estimate of drug-likeness (QED) is 0.830. The zero-order valence-electron chi connectivity index (χ0n) is 13.5. The molecule has 0 spiro atoms. The Labute approximate surface area is 137 Å². The summed E-state index contributed by atoms with van der Waals surface area (Å²) in [5.74, 6) is -0.728. The number of sulfonamides is 1. The molecule has 2 rings (SSSR count). The Morgan fingerprint density at radius 3 is 2.87 bits per heavy atom. The van der Waals surface area contributed by atoms with Gasteiger partial charge in [-0.15, -0.1) is 0 Å². The van der Waals surface area contributed by atoms with Crippen LogP contribution in [0.25, 0.3) is 0 Å². The van der Waals surface area contributed by atoms with Gasteiger partial charge in [-0.1, -0.05) is 32.4 Å². The Balaban J connectivity index is 1.94. The van der Waals surface area contributed by atoms with Gasteiger partial charge >= 0.3 is 0 Å². The summed E-state index contributed by atoms with van der Waals surface area (Å²) in [5.41, 5.74) is 1.47. The number of nitrogens with zero attached hydrogens (tertiary/aromatic N) is 1. The zero-order chi connectivity index (χ0) is 17.0. The molecule has 1 fully saturated rings. The molecule has 0 heterocycles. The van der Waals surface area contributed by atoms with E-state index in [2.05, 4.69) is 10.8 Å². The fraction of sp³-hybridized carbons (Fsp3) is 0.529. The van der Waals surface area contributed by atoms with Crippen molar-refractivity contribution in [2.24, 2.45) is 11.8 Å². The van der Waals surface area contributed by atoms with Gasteiger partial charge in [0.2, 0.25) is 15.9 Å². The van der Waals surface area contributed by atoms with Crippen LogP contribution in [-0.2, 0) is 14.8 Å². The van der Waals surface area contributed by atoms with E-state index in [0.717, 1.165) is 18.4 Å². The second kappa shape index (κ2) is 7.14. The van der Waals surface area contributed by atoms with E-state index in [9.17, 15) is 13.2 Å². The van der Waals surface area contributed by atoms with E-state index in [1.165, 1.54) is 0 Å². The second-order valence-electron chi connectivity index (χ2n) is 6.33. The number of carbonyl (C=O) groups is 1. The molecule has 1 amide bonds. The van der Waals surface area contributed by atoms with Crippen LogP contribution in [0.15, 0.2) is 24.3 Å². The van der Waals surface area contributed by atoms with E-state index >= 15 is 0 Å². The van der Waals surface area contributed by atoms with Gasteiger partial charge in [0.1, 0.15) is 0 Å². The number of amides is 1. The Bertz CT molecular complexity index is 722. The maximum Gasteiger partial charge on any atom is 0.237 e. The van der Waals surface area contributed by atoms with Crippen molar-refractivity contribution in [3.8, 4) is 6.07 Å². The lowest BCUT2D eigenvalue weighted by molar-refractivity contribution is -0.120. The van der Waals surface area contributed by atoms with Crippen molar-refractivity contribution in [2.45, 2.75) is 39.0 Å². The predicted molar refractivity (Wildman–Crippen MR) is 88.0 cm³/mol. The van der Waals surface area contributed by atoms with Gasteiger partial charge in [0.15, 0.2) is 0 Å². The molecule has 5 nitrogen and oxygen atoms in total. The molecule has 0 saturated heterocycles. The smallest absolute Gasteiger partial charge is 0.237 e. The highest BCUT2D eigenvalue weighted by Gasteiger charge is 2.45. The first kappa shape index (κ1) is 17.5. The summed E-state index contributed by atoms with van der Waals surface area (Å²) in [7, 11) is -3.58. The standard InChI is InChI=1S/C17H22N2O3S/c1-3-5-12(2)11-23(21,22)19-17(20)16-9-15(16)14-7-4-6-13(8-14)10-18/h4,6-8,12,15-16H,3,5,9,11H2,1-2H3,(H,19,20)/t12-,15+,16+/m0/s1. The Morgan fingerprint density at radius 2 is 2.22 bits per heavy atom. The van der Waals surface area contributed by atoms with Crippen molar-refractivity contribution in [1.82, 2.24) is 4.72 Å². The zero-order valence-corrected chi connectivity index (χ0v) is 14.3. The normalized spacial score (nSPS) is 21.3. The fourth-order valence-corrected chi connectivity index (χ4v) is 4.37. The summed E-state index contributed by atoms with van der Waals surface area (Å²) in [5, 5.41) is 8.91. The van der Waals surface area contributed by atoms with Gasteiger partial charge in [0.25, 0.3) is 0 Å². The van der Waals surface area contributed by atoms with Gasteiger partial charge in [-0.05, 0) is 42.4 Å². The third kappa shape index (κ3) is 4.80. The highest BCUT2D eigenvalue weighted by molar-refractivity contribution is 7.90. The lowest BCUT2D eigenvalue weighted by atomic mass is 10.1. The van der Waals surface area contributed by atoms with Crippen LogP contribution in [0.3, 0.4) is 0 Å². The molecular weight excluding hydrogens is 312 g/mol. The molecule has 0 aromatic heterocycles. The molecule has 0 aliphatic heterocycles. The monoisotopic (exact) mass is 334 g/mol. The number of benzene rings is 1. The van der Waals surface area contributed by atoms with Crippen LogP contribution < -0.4 is 4.72 Å². The third-order valence-electron chi connectivity index (χ3n) is 4.11. The van der Waals surface area contributed by atoms with Crippen LogP contribution in [0.1, 0.15) is 50.2 Å². The minimum atomic E-state index is -3.58. The number of rotatable bonds is 7. The first-order valence-corrected chi connectivity index (χ1v) is 9.56. The molecule has 1 saturated carbocycles. The van der Waals surface area contributed by atoms with Gasteiger partial charge in [0, 0.05) is 5.92 Å². The van der Waals surface area contributed by atoms with Crippen molar-refractivity contribution in [3.05, 3.63) is 35.4 Å². The van der Waals surface area contributed by atoms with Crippen LogP contribution in [0.4, 0.5) is 0 Å². The molecule has 124 valence electrons. The fourth-order valence-electron chi connectivity index (χ4n) is 2.91. The Morgan fingerprint density at radius 1 is 1.48 bits per heavy atom. The minimum Gasteiger partial charge on any atom is -0.274 e. The van der Waals surface area contributed by atoms with Crippen molar-refractivity contribution >= 4 is 15.9 Å². The molecule has 1 aliphatic carbocycles. The van der Waals surface area contributed by atoms with Crippen LogP contribution in [0.2, 0.25) is 0 Å². The van der Waals surface area contributed by atoms with E-state index in [4.69, 9.17) is 5.26 Å². The lowest BCUT2D eigenvalue weighted by Gasteiger charge is -2.11. The number of nitrogens with one attached hydrogen (secondary N) is 1. The van der Waals surface area contributed by atoms with E-state index < -0.39 is 15.9 Å². The van der Waals surface area contributed by atoms with E-state index in [1.807, 2.05) is 19.9 Å². The summed E-state index contributed by atoms with van der Waals surface area (Å²) in [6, 6.07) is 9.19. The molecule has 0 unspecified atom stereocenters. The molecule has 1 N–H and O–H groups in total. The lowest BCUT2D eigenvalue weighted by Crippen LogP contribution is -2.35. The summed E-state index contributed by atoms with van der Waals surface area (Å²) in [6.07, 6.45) is 2.37. The number of nitriles is 1. The summed E-state index contributed by atoms with van der Waals surface area (Å²) >= 11 is 0. The molecule has 0 bridgehead atoms. The first-order chi connectivity index (χ1) is 10.9. The second-order valence-corrected chi connectivity index (χ2v) is 8.09. The van der Waals surface area contributed by atoms with Crippen molar-refractivity contribution in [3.63, 3.8) is 0 Å². The first-order valence-electron chi connectivity index (χ1n) is 7.90. The van der Waals surface area contributed by atoms with Crippen molar-refractivity contribution in [1.29, 1.82) is 5.26 Å². The molecule has 0 radical (unpaired) electrons. The number of hydrogen-bond acceptors (Lipinski definition) is 4. The maximum atomic E-state index is 12.1. The van der Waals surface area contributed by atoms with Crippen LogP contribution in [0.5, 0.6) is 0 Å². The molecular formula is C17H22N2O3S. The maximum absolute atomic E-state index is 12.1.